The predicted molar refractivity (Wildman–Crippen MR) is 131 cm³/mol. The molecule has 1 heterocycles. The lowest BCUT2D eigenvalue weighted by atomic mass is 9.97. The van der Waals surface area contributed by atoms with Gasteiger partial charge in [0.05, 0.1) is 29.7 Å². The van der Waals surface area contributed by atoms with Gasteiger partial charge in [-0.05, 0) is 61.2 Å². The zero-order chi connectivity index (χ0) is 23.5. The Morgan fingerprint density at radius 3 is 2.48 bits per heavy atom. The van der Waals surface area contributed by atoms with Crippen molar-refractivity contribution in [1.29, 1.82) is 0 Å². The molecule has 0 saturated heterocycles. The van der Waals surface area contributed by atoms with Crippen LogP contribution < -0.4 is 10.1 Å². The summed E-state index contributed by atoms with van der Waals surface area (Å²) in [5, 5.41) is 18.1. The molecule has 0 atom stereocenters. The predicted octanol–water partition coefficient (Wildman–Crippen LogP) is 6.17. The van der Waals surface area contributed by atoms with Gasteiger partial charge < -0.3 is 15.2 Å². The number of methoxy groups -OCH3 is 1. The van der Waals surface area contributed by atoms with Crippen molar-refractivity contribution in [2.45, 2.75) is 27.2 Å². The summed E-state index contributed by atoms with van der Waals surface area (Å²) in [7, 11) is 1.52. The number of aryl methyl sites for hydroxylation is 3. The van der Waals surface area contributed by atoms with Gasteiger partial charge in [0.1, 0.15) is 11.6 Å². The van der Waals surface area contributed by atoms with Crippen molar-refractivity contribution in [2.75, 3.05) is 12.4 Å². The molecular weight excluding hydrogens is 414 g/mol. The number of ether oxygens (including phenoxy) is 1. The summed E-state index contributed by atoms with van der Waals surface area (Å²) in [6.07, 6.45) is 0.869. The molecule has 4 rings (SSSR count). The third-order valence-electron chi connectivity index (χ3n) is 5.78. The normalized spacial score (nSPS) is 10.8. The van der Waals surface area contributed by atoms with Crippen LogP contribution in [0, 0.1) is 13.8 Å². The van der Waals surface area contributed by atoms with Gasteiger partial charge in [0, 0.05) is 5.56 Å². The summed E-state index contributed by atoms with van der Waals surface area (Å²) in [5.74, 6) is 0.166. The van der Waals surface area contributed by atoms with E-state index in [1.54, 1.807) is 12.1 Å². The lowest BCUT2D eigenvalue weighted by molar-refractivity contribution is 0.0697. The molecule has 0 unspecified atom stereocenters. The molecule has 0 radical (unpaired) electrons. The molecule has 6 nitrogen and oxygen atoms in total. The second-order valence-electron chi connectivity index (χ2n) is 7.86. The highest BCUT2D eigenvalue weighted by Crippen LogP contribution is 2.38. The first-order valence-corrected chi connectivity index (χ1v) is 10.9. The van der Waals surface area contributed by atoms with Crippen molar-refractivity contribution < 1.29 is 14.6 Å². The maximum atomic E-state index is 12.0. The van der Waals surface area contributed by atoms with E-state index in [4.69, 9.17) is 9.84 Å². The highest BCUT2D eigenvalue weighted by Gasteiger charge is 2.22. The smallest absolute Gasteiger partial charge is 0.337 e. The molecule has 168 valence electrons. The maximum Gasteiger partial charge on any atom is 0.337 e. The van der Waals surface area contributed by atoms with Crippen LogP contribution >= 0.6 is 0 Å². The number of hydrogen-bond donors (Lipinski definition) is 2. The van der Waals surface area contributed by atoms with E-state index >= 15 is 0 Å². The molecule has 0 bridgehead atoms. The Bertz CT molecular complexity index is 1320. The van der Waals surface area contributed by atoms with E-state index in [-0.39, 0.29) is 5.56 Å². The molecule has 0 fully saturated rings. The Morgan fingerprint density at radius 1 is 1.06 bits per heavy atom. The van der Waals surface area contributed by atoms with Crippen molar-refractivity contribution in [1.82, 2.24) is 9.78 Å². The zero-order valence-corrected chi connectivity index (χ0v) is 19.2. The number of nitrogens with zero attached hydrogens (tertiary/aromatic N) is 2. The van der Waals surface area contributed by atoms with Gasteiger partial charge in [-0.3, -0.25) is 0 Å². The van der Waals surface area contributed by atoms with Gasteiger partial charge in [-0.2, -0.15) is 5.10 Å². The van der Waals surface area contributed by atoms with Crippen LogP contribution in [0.3, 0.4) is 0 Å². The van der Waals surface area contributed by atoms with E-state index in [2.05, 4.69) is 24.4 Å². The maximum absolute atomic E-state index is 12.0. The van der Waals surface area contributed by atoms with Crippen LogP contribution in [-0.2, 0) is 6.42 Å². The Kier molecular flexibility index (Phi) is 6.18. The third-order valence-corrected chi connectivity index (χ3v) is 5.78. The zero-order valence-electron chi connectivity index (χ0n) is 19.2. The Hall–Kier alpha value is -4.06. The summed E-state index contributed by atoms with van der Waals surface area (Å²) in [4.78, 5) is 12.0. The standard InChI is InChI=1S/C27H27N3O3/c1-5-19-11-7-8-12-21(19)25-18(3)29-30(24-13-9-6-10-17(24)2)26(25)28-23-15-14-20(33-4)16-22(23)27(31)32/h6-16,28H,5H2,1-4H3,(H,31,32). The van der Waals surface area contributed by atoms with E-state index in [0.717, 1.165) is 40.3 Å². The number of anilines is 2. The van der Waals surface area contributed by atoms with Crippen LogP contribution in [0.15, 0.2) is 66.7 Å². The topological polar surface area (TPSA) is 76.4 Å². The van der Waals surface area contributed by atoms with Crippen molar-refractivity contribution in [3.8, 4) is 22.6 Å². The molecule has 0 amide bonds. The number of carboxylic acids is 1. The van der Waals surface area contributed by atoms with Gasteiger partial charge in [-0.1, -0.05) is 49.4 Å². The van der Waals surface area contributed by atoms with Gasteiger partial charge in [0.25, 0.3) is 0 Å². The number of para-hydroxylation sites is 1. The SMILES string of the molecule is CCc1ccccc1-c1c(C)nn(-c2ccccc2C)c1Nc1ccc(OC)cc1C(=O)O. The third kappa shape index (κ3) is 4.20. The Labute approximate surface area is 193 Å². The minimum Gasteiger partial charge on any atom is -0.497 e. The van der Waals surface area contributed by atoms with Crippen molar-refractivity contribution in [2.24, 2.45) is 0 Å². The van der Waals surface area contributed by atoms with Crippen LogP contribution in [0.25, 0.3) is 16.8 Å². The van der Waals surface area contributed by atoms with Crippen molar-refractivity contribution in [3.63, 3.8) is 0 Å². The second-order valence-corrected chi connectivity index (χ2v) is 7.86. The van der Waals surface area contributed by atoms with Crippen molar-refractivity contribution in [3.05, 3.63) is 89.1 Å². The number of aromatic nitrogens is 2. The fourth-order valence-corrected chi connectivity index (χ4v) is 4.08. The van der Waals surface area contributed by atoms with Crippen LogP contribution in [0.5, 0.6) is 5.75 Å². The van der Waals surface area contributed by atoms with Gasteiger partial charge in [-0.15, -0.1) is 0 Å². The highest BCUT2D eigenvalue weighted by atomic mass is 16.5. The van der Waals surface area contributed by atoms with Crippen molar-refractivity contribution >= 4 is 17.5 Å². The molecule has 3 aromatic carbocycles. The van der Waals surface area contributed by atoms with Crippen LogP contribution in [0.2, 0.25) is 0 Å². The first kappa shape index (κ1) is 22.1. The van der Waals surface area contributed by atoms with E-state index in [1.807, 2.05) is 54.9 Å². The molecule has 0 spiro atoms. The van der Waals surface area contributed by atoms with Gasteiger partial charge in [0.15, 0.2) is 0 Å². The van der Waals surface area contributed by atoms with E-state index < -0.39 is 5.97 Å². The van der Waals surface area contributed by atoms with Gasteiger partial charge >= 0.3 is 5.97 Å². The first-order valence-electron chi connectivity index (χ1n) is 10.9. The molecule has 1 aromatic heterocycles. The molecule has 0 aliphatic heterocycles. The number of nitrogens with one attached hydrogen (secondary N) is 1. The summed E-state index contributed by atoms with van der Waals surface area (Å²) in [6, 6.07) is 21.2. The number of aromatic carboxylic acids is 1. The lowest BCUT2D eigenvalue weighted by Gasteiger charge is -2.17. The summed E-state index contributed by atoms with van der Waals surface area (Å²) < 4.78 is 7.10. The van der Waals surface area contributed by atoms with Crippen LogP contribution in [0.1, 0.15) is 34.1 Å². The summed E-state index contributed by atoms with van der Waals surface area (Å²) in [6.45, 7) is 6.14. The van der Waals surface area contributed by atoms with Gasteiger partial charge in [0.2, 0.25) is 0 Å². The van der Waals surface area contributed by atoms with E-state index in [9.17, 15) is 9.90 Å². The minimum atomic E-state index is -1.04. The van der Waals surface area contributed by atoms with Crippen LogP contribution in [0.4, 0.5) is 11.5 Å². The highest BCUT2D eigenvalue weighted by molar-refractivity contribution is 5.97. The number of benzene rings is 3. The van der Waals surface area contributed by atoms with E-state index in [1.165, 1.54) is 18.7 Å². The number of carbonyl (C=O) groups is 1. The molecule has 4 aromatic rings. The molecule has 0 saturated carbocycles. The molecule has 33 heavy (non-hydrogen) atoms. The lowest BCUT2D eigenvalue weighted by Crippen LogP contribution is -2.08. The average molecular weight is 442 g/mol. The number of rotatable bonds is 7. The first-order chi connectivity index (χ1) is 15.9. The molecule has 0 aliphatic rings. The Balaban J connectivity index is 1.98. The largest absolute Gasteiger partial charge is 0.497 e. The van der Waals surface area contributed by atoms with Gasteiger partial charge in [-0.25, -0.2) is 9.48 Å². The average Bonchev–Trinajstić information content (AvgIpc) is 3.14. The molecule has 0 aliphatic carbocycles. The Morgan fingerprint density at radius 2 is 1.79 bits per heavy atom. The van der Waals surface area contributed by atoms with Crippen LogP contribution in [-0.4, -0.2) is 28.0 Å². The molecular formula is C27H27N3O3. The molecule has 2 N–H and O–H groups in total. The second kappa shape index (κ2) is 9.20. The fraction of sp³-hybridized carbons (Fsp3) is 0.185. The number of hydrogen-bond acceptors (Lipinski definition) is 4. The fourth-order valence-electron chi connectivity index (χ4n) is 4.08. The minimum absolute atomic E-state index is 0.124. The monoisotopic (exact) mass is 441 g/mol. The molecule has 6 heteroatoms. The summed E-state index contributed by atoms with van der Waals surface area (Å²) >= 11 is 0. The quantitative estimate of drug-likeness (QED) is 0.359. The van der Waals surface area contributed by atoms with E-state index in [0.29, 0.717) is 11.4 Å². The summed E-state index contributed by atoms with van der Waals surface area (Å²) in [5.41, 5.74) is 6.65. The number of carboxylic acid groups (broad SMARTS) is 1.